The van der Waals surface area contributed by atoms with Crippen LogP contribution in [0.3, 0.4) is 0 Å². The average Bonchev–Trinajstić information content (AvgIpc) is 2.45. The first kappa shape index (κ1) is 13.7. The van der Waals surface area contributed by atoms with E-state index in [0.717, 1.165) is 11.3 Å². The largest absolute Gasteiger partial charge is 0.508 e. The number of benzene rings is 2. The smallest absolute Gasteiger partial charge is 0.255 e. The van der Waals surface area contributed by atoms with Crippen molar-refractivity contribution in [2.45, 2.75) is 6.54 Å². The van der Waals surface area contributed by atoms with Crippen LogP contribution in [-0.2, 0) is 11.3 Å². The fourth-order valence-electron chi connectivity index (χ4n) is 1.64. The second kappa shape index (κ2) is 6.47. The molecule has 0 spiro atoms. The number of rotatable bonds is 6. The molecule has 5 nitrogen and oxygen atoms in total. The minimum absolute atomic E-state index is 0.125. The number of carbonyl (C=O) groups is 1. The molecule has 2 aromatic carbocycles. The van der Waals surface area contributed by atoms with E-state index in [4.69, 9.17) is 10.5 Å². The molecule has 2 aromatic rings. The number of ether oxygens (including phenoxy) is 1. The highest BCUT2D eigenvalue weighted by atomic mass is 16.5. The lowest BCUT2D eigenvalue weighted by atomic mass is 10.2. The zero-order chi connectivity index (χ0) is 14.4. The van der Waals surface area contributed by atoms with Crippen molar-refractivity contribution in [3.8, 4) is 11.5 Å². The number of primary amides is 1. The number of hydrogen-bond donors (Lipinski definition) is 3. The molecule has 5 heteroatoms. The SMILES string of the molecule is NC(=O)COc1ccc(NCc2ccc(O)cc2)cc1. The average molecular weight is 272 g/mol. The lowest BCUT2D eigenvalue weighted by Crippen LogP contribution is -2.19. The van der Waals surface area contributed by atoms with Crippen molar-refractivity contribution >= 4 is 11.6 Å². The number of anilines is 1. The predicted octanol–water partition coefficient (Wildman–Crippen LogP) is 1.87. The molecule has 0 aliphatic heterocycles. The summed E-state index contributed by atoms with van der Waals surface area (Å²) in [5.41, 5.74) is 7.00. The van der Waals surface area contributed by atoms with E-state index in [-0.39, 0.29) is 12.4 Å². The van der Waals surface area contributed by atoms with Gasteiger partial charge >= 0.3 is 0 Å². The fourth-order valence-corrected chi connectivity index (χ4v) is 1.64. The molecule has 2 rings (SSSR count). The number of phenols is 1. The molecular formula is C15H16N2O3. The van der Waals surface area contributed by atoms with E-state index in [2.05, 4.69) is 5.32 Å². The third kappa shape index (κ3) is 4.20. The van der Waals surface area contributed by atoms with Gasteiger partial charge in [-0.05, 0) is 42.0 Å². The van der Waals surface area contributed by atoms with Crippen LogP contribution in [0.25, 0.3) is 0 Å². The molecule has 0 fully saturated rings. The number of nitrogens with one attached hydrogen (secondary N) is 1. The quantitative estimate of drug-likeness (QED) is 0.749. The number of phenolic OH excluding ortho intramolecular Hbond substituents is 1. The van der Waals surface area contributed by atoms with Crippen LogP contribution in [0.1, 0.15) is 5.56 Å². The van der Waals surface area contributed by atoms with Gasteiger partial charge < -0.3 is 20.9 Å². The van der Waals surface area contributed by atoms with E-state index >= 15 is 0 Å². The second-order valence-electron chi connectivity index (χ2n) is 4.30. The normalized spacial score (nSPS) is 10.0. The molecule has 0 aliphatic carbocycles. The van der Waals surface area contributed by atoms with E-state index in [1.165, 1.54) is 0 Å². The van der Waals surface area contributed by atoms with Crippen molar-refractivity contribution < 1.29 is 14.6 Å². The summed E-state index contributed by atoms with van der Waals surface area (Å²) < 4.78 is 5.17. The number of amides is 1. The van der Waals surface area contributed by atoms with Crippen molar-refractivity contribution in [2.24, 2.45) is 5.73 Å². The molecule has 0 radical (unpaired) electrons. The monoisotopic (exact) mass is 272 g/mol. The Hall–Kier alpha value is -2.69. The molecule has 0 bridgehead atoms. The van der Waals surface area contributed by atoms with Crippen LogP contribution in [0.5, 0.6) is 11.5 Å². The van der Waals surface area contributed by atoms with Gasteiger partial charge in [-0.3, -0.25) is 4.79 Å². The Morgan fingerprint density at radius 2 is 1.75 bits per heavy atom. The topological polar surface area (TPSA) is 84.6 Å². The Morgan fingerprint density at radius 1 is 1.10 bits per heavy atom. The zero-order valence-corrected chi connectivity index (χ0v) is 10.9. The van der Waals surface area contributed by atoms with Crippen molar-refractivity contribution in [2.75, 3.05) is 11.9 Å². The maximum atomic E-state index is 10.6. The van der Waals surface area contributed by atoms with Gasteiger partial charge in [0, 0.05) is 12.2 Å². The molecular weight excluding hydrogens is 256 g/mol. The standard InChI is InChI=1S/C15H16N2O3/c16-15(19)10-20-14-7-3-12(4-8-14)17-9-11-1-5-13(18)6-2-11/h1-8,17-18H,9-10H2,(H2,16,19). The highest BCUT2D eigenvalue weighted by molar-refractivity contribution is 5.75. The van der Waals surface area contributed by atoms with Crippen LogP contribution < -0.4 is 15.8 Å². The summed E-state index contributed by atoms with van der Waals surface area (Å²) >= 11 is 0. The fraction of sp³-hybridized carbons (Fsp3) is 0.133. The van der Waals surface area contributed by atoms with E-state index in [0.29, 0.717) is 12.3 Å². The molecule has 0 saturated heterocycles. The van der Waals surface area contributed by atoms with Crippen LogP contribution in [0.15, 0.2) is 48.5 Å². The molecule has 0 aliphatic rings. The Bertz CT molecular complexity index is 565. The number of aromatic hydroxyl groups is 1. The van der Waals surface area contributed by atoms with Crippen molar-refractivity contribution in [1.82, 2.24) is 0 Å². The molecule has 0 heterocycles. The summed E-state index contributed by atoms with van der Waals surface area (Å²) in [5.74, 6) is 0.350. The van der Waals surface area contributed by atoms with Gasteiger partial charge in [-0.1, -0.05) is 12.1 Å². The van der Waals surface area contributed by atoms with Crippen LogP contribution in [0.4, 0.5) is 5.69 Å². The minimum atomic E-state index is -0.500. The summed E-state index contributed by atoms with van der Waals surface area (Å²) in [4.78, 5) is 10.6. The van der Waals surface area contributed by atoms with Crippen molar-refractivity contribution in [1.29, 1.82) is 0 Å². The highest BCUT2D eigenvalue weighted by Crippen LogP contribution is 2.17. The summed E-state index contributed by atoms with van der Waals surface area (Å²) in [5, 5.41) is 12.4. The van der Waals surface area contributed by atoms with Gasteiger partial charge in [0.15, 0.2) is 6.61 Å². The van der Waals surface area contributed by atoms with Crippen molar-refractivity contribution in [3.63, 3.8) is 0 Å². The summed E-state index contributed by atoms with van der Waals surface area (Å²) in [6.45, 7) is 0.530. The maximum absolute atomic E-state index is 10.6. The van der Waals surface area contributed by atoms with E-state index < -0.39 is 5.91 Å². The third-order valence-corrected chi connectivity index (χ3v) is 2.67. The number of hydrogen-bond acceptors (Lipinski definition) is 4. The molecule has 20 heavy (non-hydrogen) atoms. The Labute approximate surface area is 117 Å². The van der Waals surface area contributed by atoms with E-state index in [1.54, 1.807) is 24.3 Å². The van der Waals surface area contributed by atoms with Gasteiger partial charge in [-0.15, -0.1) is 0 Å². The van der Waals surface area contributed by atoms with E-state index in [9.17, 15) is 9.90 Å². The van der Waals surface area contributed by atoms with Crippen LogP contribution in [0.2, 0.25) is 0 Å². The third-order valence-electron chi connectivity index (χ3n) is 2.67. The molecule has 0 unspecified atom stereocenters. The molecule has 104 valence electrons. The lowest BCUT2D eigenvalue weighted by Gasteiger charge is -2.08. The Morgan fingerprint density at radius 3 is 2.35 bits per heavy atom. The van der Waals surface area contributed by atoms with Crippen molar-refractivity contribution in [3.05, 3.63) is 54.1 Å². The number of carbonyl (C=O) groups excluding carboxylic acids is 1. The zero-order valence-electron chi connectivity index (χ0n) is 10.9. The second-order valence-corrected chi connectivity index (χ2v) is 4.30. The van der Waals surface area contributed by atoms with Crippen LogP contribution >= 0.6 is 0 Å². The van der Waals surface area contributed by atoms with E-state index in [1.807, 2.05) is 24.3 Å². The lowest BCUT2D eigenvalue weighted by molar-refractivity contribution is -0.119. The van der Waals surface area contributed by atoms with Crippen LogP contribution in [-0.4, -0.2) is 17.6 Å². The first-order valence-corrected chi connectivity index (χ1v) is 6.16. The summed E-state index contributed by atoms with van der Waals surface area (Å²) in [6, 6.07) is 14.3. The molecule has 0 atom stereocenters. The Balaban J connectivity index is 1.87. The van der Waals surface area contributed by atoms with Gasteiger partial charge in [-0.2, -0.15) is 0 Å². The molecule has 4 N–H and O–H groups in total. The first-order chi connectivity index (χ1) is 9.63. The van der Waals surface area contributed by atoms with Gasteiger partial charge in [0.05, 0.1) is 0 Å². The summed E-state index contributed by atoms with van der Waals surface area (Å²) in [6.07, 6.45) is 0. The predicted molar refractivity (Wildman–Crippen MR) is 76.6 cm³/mol. The maximum Gasteiger partial charge on any atom is 0.255 e. The summed E-state index contributed by atoms with van der Waals surface area (Å²) in [7, 11) is 0. The highest BCUT2D eigenvalue weighted by Gasteiger charge is 1.98. The van der Waals surface area contributed by atoms with Gasteiger partial charge in [-0.25, -0.2) is 0 Å². The first-order valence-electron chi connectivity index (χ1n) is 6.16. The van der Waals surface area contributed by atoms with Gasteiger partial charge in [0.1, 0.15) is 11.5 Å². The molecule has 1 amide bonds. The molecule has 0 aromatic heterocycles. The number of nitrogens with two attached hydrogens (primary N) is 1. The van der Waals surface area contributed by atoms with Crippen LogP contribution in [0, 0.1) is 0 Å². The van der Waals surface area contributed by atoms with Gasteiger partial charge in [0.2, 0.25) is 0 Å². The Kier molecular flexibility index (Phi) is 4.44. The molecule has 0 saturated carbocycles. The van der Waals surface area contributed by atoms with Gasteiger partial charge in [0.25, 0.3) is 5.91 Å². The minimum Gasteiger partial charge on any atom is -0.508 e.